The van der Waals surface area contributed by atoms with Crippen molar-refractivity contribution in [2.75, 3.05) is 7.11 Å². The van der Waals surface area contributed by atoms with Gasteiger partial charge in [-0.2, -0.15) is 5.10 Å². The summed E-state index contributed by atoms with van der Waals surface area (Å²) in [6.07, 6.45) is 1.53. The number of carbonyl (C=O) groups is 1. The van der Waals surface area contributed by atoms with Gasteiger partial charge in [-0.15, -0.1) is 0 Å². The summed E-state index contributed by atoms with van der Waals surface area (Å²) in [5.41, 5.74) is 4.65. The minimum atomic E-state index is -0.460. The van der Waals surface area contributed by atoms with E-state index in [4.69, 9.17) is 25.5 Å². The standard InChI is InChI=1S/C24H18BrClN2O4/c1-30-21-8-4-6-16-12-22(32-23(16)21)24(29)28-27-13-15-9-10-20(18(25)11-15)31-14-17-5-2-3-7-19(17)26/h2-13H,14H2,1H3,(H,28,29)/b27-13-. The zero-order valence-corrected chi connectivity index (χ0v) is 19.3. The maximum Gasteiger partial charge on any atom is 0.307 e. The van der Waals surface area contributed by atoms with Gasteiger partial charge in [-0.25, -0.2) is 5.43 Å². The fourth-order valence-electron chi connectivity index (χ4n) is 3.01. The molecule has 4 rings (SSSR count). The molecule has 0 fully saturated rings. The van der Waals surface area contributed by atoms with Crippen molar-refractivity contribution in [3.8, 4) is 11.5 Å². The summed E-state index contributed by atoms with van der Waals surface area (Å²) < 4.78 is 17.5. The number of hydrazone groups is 1. The Morgan fingerprint density at radius 1 is 1.12 bits per heavy atom. The maximum absolute atomic E-state index is 12.4. The lowest BCUT2D eigenvalue weighted by molar-refractivity contribution is 0.0929. The quantitative estimate of drug-likeness (QED) is 0.236. The second-order valence-corrected chi connectivity index (χ2v) is 8.02. The number of nitrogens with one attached hydrogen (secondary N) is 1. The van der Waals surface area contributed by atoms with E-state index in [0.29, 0.717) is 28.7 Å². The number of hydrogen-bond donors (Lipinski definition) is 1. The van der Waals surface area contributed by atoms with Crippen molar-refractivity contribution in [3.05, 3.63) is 93.1 Å². The van der Waals surface area contributed by atoms with Crippen molar-refractivity contribution in [1.82, 2.24) is 5.43 Å². The Balaban J connectivity index is 1.39. The van der Waals surface area contributed by atoms with Crippen LogP contribution in [0.4, 0.5) is 0 Å². The molecular weight excluding hydrogens is 496 g/mol. The molecule has 1 heterocycles. The summed E-state index contributed by atoms with van der Waals surface area (Å²) in [5, 5.41) is 5.44. The summed E-state index contributed by atoms with van der Waals surface area (Å²) >= 11 is 9.66. The number of halogens is 2. The van der Waals surface area contributed by atoms with Gasteiger partial charge in [-0.1, -0.05) is 41.9 Å². The van der Waals surface area contributed by atoms with E-state index in [1.807, 2.05) is 54.6 Å². The number of ether oxygens (including phenoxy) is 2. The van der Waals surface area contributed by atoms with Crippen LogP contribution in [-0.4, -0.2) is 19.2 Å². The van der Waals surface area contributed by atoms with Gasteiger partial charge in [0.1, 0.15) is 12.4 Å². The average molecular weight is 514 g/mol. The van der Waals surface area contributed by atoms with Crippen LogP contribution in [0.1, 0.15) is 21.7 Å². The van der Waals surface area contributed by atoms with Crippen molar-refractivity contribution < 1.29 is 18.7 Å². The van der Waals surface area contributed by atoms with Crippen LogP contribution in [-0.2, 0) is 6.61 Å². The highest BCUT2D eigenvalue weighted by Gasteiger charge is 2.14. The van der Waals surface area contributed by atoms with Crippen LogP contribution in [0.25, 0.3) is 11.0 Å². The smallest absolute Gasteiger partial charge is 0.307 e. The molecule has 4 aromatic rings. The Kier molecular flexibility index (Phi) is 6.78. The molecule has 0 saturated carbocycles. The number of nitrogens with zero attached hydrogens (tertiary/aromatic N) is 1. The van der Waals surface area contributed by atoms with E-state index in [9.17, 15) is 4.79 Å². The molecule has 1 N–H and O–H groups in total. The van der Waals surface area contributed by atoms with Crippen LogP contribution >= 0.6 is 27.5 Å². The maximum atomic E-state index is 12.4. The molecule has 0 aliphatic rings. The van der Waals surface area contributed by atoms with Crippen molar-refractivity contribution in [3.63, 3.8) is 0 Å². The van der Waals surface area contributed by atoms with E-state index < -0.39 is 5.91 Å². The van der Waals surface area contributed by atoms with Gasteiger partial charge in [0.05, 0.1) is 17.8 Å². The summed E-state index contributed by atoms with van der Waals surface area (Å²) in [6, 6.07) is 20.1. The van der Waals surface area contributed by atoms with E-state index >= 15 is 0 Å². The van der Waals surface area contributed by atoms with Gasteiger partial charge in [0.25, 0.3) is 0 Å². The fourth-order valence-corrected chi connectivity index (χ4v) is 3.72. The largest absolute Gasteiger partial charge is 0.493 e. The molecule has 1 amide bonds. The van der Waals surface area contributed by atoms with Gasteiger partial charge in [0, 0.05) is 16.0 Å². The van der Waals surface area contributed by atoms with Gasteiger partial charge < -0.3 is 13.9 Å². The molecule has 0 radical (unpaired) electrons. The minimum Gasteiger partial charge on any atom is -0.493 e. The third-order valence-corrected chi connectivity index (χ3v) is 5.62. The summed E-state index contributed by atoms with van der Waals surface area (Å²) in [5.74, 6) is 0.915. The van der Waals surface area contributed by atoms with Crippen LogP contribution in [0, 0.1) is 0 Å². The third kappa shape index (κ3) is 4.95. The molecule has 162 valence electrons. The van der Waals surface area contributed by atoms with Crippen molar-refractivity contribution in [2.45, 2.75) is 6.61 Å². The first-order valence-electron chi connectivity index (χ1n) is 9.61. The molecular formula is C24H18BrClN2O4. The van der Waals surface area contributed by atoms with Gasteiger partial charge >= 0.3 is 5.91 Å². The molecule has 6 nitrogen and oxygen atoms in total. The summed E-state index contributed by atoms with van der Waals surface area (Å²) in [6.45, 7) is 0.351. The van der Waals surface area contributed by atoms with Gasteiger partial charge in [-0.05, 0) is 57.9 Å². The fraction of sp³-hybridized carbons (Fsp3) is 0.0833. The molecule has 0 spiro atoms. The van der Waals surface area contributed by atoms with E-state index in [0.717, 1.165) is 21.0 Å². The number of amides is 1. The molecule has 8 heteroatoms. The first kappa shape index (κ1) is 21.9. The van der Waals surface area contributed by atoms with Gasteiger partial charge in [0.15, 0.2) is 17.1 Å². The topological polar surface area (TPSA) is 73.1 Å². The molecule has 1 aromatic heterocycles. The molecule has 0 bridgehead atoms. The average Bonchev–Trinajstić information content (AvgIpc) is 3.24. The Bertz CT molecular complexity index is 1300. The summed E-state index contributed by atoms with van der Waals surface area (Å²) in [7, 11) is 1.55. The Hall–Kier alpha value is -3.29. The Morgan fingerprint density at radius 2 is 1.97 bits per heavy atom. The predicted molar refractivity (Wildman–Crippen MR) is 128 cm³/mol. The number of benzene rings is 3. The zero-order valence-electron chi connectivity index (χ0n) is 17.0. The van der Waals surface area contributed by atoms with Gasteiger partial charge in [0.2, 0.25) is 0 Å². The van der Waals surface area contributed by atoms with E-state index in [2.05, 4.69) is 26.5 Å². The molecule has 0 atom stereocenters. The van der Waals surface area contributed by atoms with E-state index in [1.54, 1.807) is 19.2 Å². The normalized spacial score (nSPS) is 11.1. The minimum absolute atomic E-state index is 0.145. The van der Waals surface area contributed by atoms with E-state index in [-0.39, 0.29) is 5.76 Å². The Morgan fingerprint density at radius 3 is 2.75 bits per heavy atom. The van der Waals surface area contributed by atoms with Crippen molar-refractivity contribution >= 4 is 50.6 Å². The van der Waals surface area contributed by atoms with Crippen molar-refractivity contribution in [1.29, 1.82) is 0 Å². The molecule has 32 heavy (non-hydrogen) atoms. The monoisotopic (exact) mass is 512 g/mol. The van der Waals surface area contributed by atoms with Crippen LogP contribution < -0.4 is 14.9 Å². The molecule has 3 aromatic carbocycles. The van der Waals surface area contributed by atoms with Crippen LogP contribution in [0.3, 0.4) is 0 Å². The first-order valence-corrected chi connectivity index (χ1v) is 10.8. The van der Waals surface area contributed by atoms with Crippen molar-refractivity contribution in [2.24, 2.45) is 5.10 Å². The lowest BCUT2D eigenvalue weighted by atomic mass is 10.2. The van der Waals surface area contributed by atoms with Crippen LogP contribution in [0.2, 0.25) is 5.02 Å². The number of rotatable bonds is 7. The number of hydrogen-bond acceptors (Lipinski definition) is 5. The molecule has 0 saturated heterocycles. The zero-order chi connectivity index (χ0) is 22.5. The second-order valence-electron chi connectivity index (χ2n) is 6.76. The van der Waals surface area contributed by atoms with Gasteiger partial charge in [-0.3, -0.25) is 4.79 Å². The van der Waals surface area contributed by atoms with Crippen LogP contribution in [0.5, 0.6) is 11.5 Å². The number of furan rings is 1. The highest BCUT2D eigenvalue weighted by Crippen LogP contribution is 2.29. The predicted octanol–water partition coefficient (Wildman–Crippen LogP) is 6.20. The second kappa shape index (κ2) is 9.89. The molecule has 0 unspecified atom stereocenters. The third-order valence-electron chi connectivity index (χ3n) is 4.63. The Labute approximate surface area is 197 Å². The first-order chi connectivity index (χ1) is 15.5. The number of fused-ring (bicyclic) bond motifs is 1. The van der Waals surface area contributed by atoms with Crippen LogP contribution in [0.15, 0.2) is 80.7 Å². The number of para-hydroxylation sites is 1. The molecule has 0 aliphatic carbocycles. The SMILES string of the molecule is COc1cccc2cc(C(=O)N/N=C\c3ccc(OCc4ccccc4Cl)c(Br)c3)oc12. The molecule has 0 aliphatic heterocycles. The lowest BCUT2D eigenvalue weighted by Crippen LogP contribution is -2.16. The highest BCUT2D eigenvalue weighted by atomic mass is 79.9. The lowest BCUT2D eigenvalue weighted by Gasteiger charge is -2.10. The number of carbonyl (C=O) groups excluding carboxylic acids is 1. The van der Waals surface area contributed by atoms with E-state index in [1.165, 1.54) is 6.21 Å². The number of methoxy groups -OCH3 is 1. The highest BCUT2D eigenvalue weighted by molar-refractivity contribution is 9.10. The summed E-state index contributed by atoms with van der Waals surface area (Å²) in [4.78, 5) is 12.4.